The Balaban J connectivity index is 1.83. The molecule has 1 atom stereocenters. The van der Waals surface area contributed by atoms with Crippen molar-refractivity contribution >= 4 is 23.3 Å². The molecule has 1 aliphatic heterocycles. The fraction of sp³-hybridized carbons (Fsp3) is 0.269. The second-order valence-electron chi connectivity index (χ2n) is 8.16. The molecule has 0 unspecified atom stereocenters. The fourth-order valence-corrected chi connectivity index (χ4v) is 3.88. The summed E-state index contributed by atoms with van der Waals surface area (Å²) in [6.45, 7) is 7.91. The van der Waals surface area contributed by atoms with E-state index in [0.29, 0.717) is 35.0 Å². The number of nitrogens with zero attached hydrogens (tertiary/aromatic N) is 2. The number of ether oxygens (including phenoxy) is 2. The highest BCUT2D eigenvalue weighted by Crippen LogP contribution is 2.42. The van der Waals surface area contributed by atoms with Gasteiger partial charge in [0.1, 0.15) is 23.0 Å². The second kappa shape index (κ2) is 9.43. The molecule has 2 heterocycles. The molecule has 0 saturated carbocycles. The fourth-order valence-electron chi connectivity index (χ4n) is 3.88. The maximum Gasteiger partial charge on any atom is 0.301 e. The van der Waals surface area contributed by atoms with Crippen molar-refractivity contribution in [1.29, 1.82) is 0 Å². The quantitative estimate of drug-likeness (QED) is 0.306. The summed E-state index contributed by atoms with van der Waals surface area (Å²) in [4.78, 5) is 27.5. The summed E-state index contributed by atoms with van der Waals surface area (Å²) in [7, 11) is 0. The predicted molar refractivity (Wildman–Crippen MR) is 126 cm³/mol. The van der Waals surface area contributed by atoms with Gasteiger partial charge < -0.3 is 19.1 Å². The van der Waals surface area contributed by atoms with E-state index in [1.165, 1.54) is 4.90 Å². The number of benzene rings is 2. The zero-order chi connectivity index (χ0) is 24.4. The molecule has 2 aromatic carbocycles. The van der Waals surface area contributed by atoms with Crippen LogP contribution < -0.4 is 14.4 Å². The maximum absolute atomic E-state index is 13.2. The van der Waals surface area contributed by atoms with Crippen LogP contribution in [0.25, 0.3) is 5.76 Å². The van der Waals surface area contributed by atoms with Crippen molar-refractivity contribution < 1.29 is 28.7 Å². The number of carbonyl (C=O) groups is 2. The first-order chi connectivity index (χ1) is 16.3. The van der Waals surface area contributed by atoms with Gasteiger partial charge in [0.2, 0.25) is 0 Å². The zero-order valence-electron chi connectivity index (χ0n) is 19.4. The number of amides is 1. The van der Waals surface area contributed by atoms with Gasteiger partial charge in [0.25, 0.3) is 5.78 Å². The van der Waals surface area contributed by atoms with Crippen molar-refractivity contribution in [1.82, 2.24) is 5.16 Å². The molecule has 34 heavy (non-hydrogen) atoms. The monoisotopic (exact) mass is 462 g/mol. The summed E-state index contributed by atoms with van der Waals surface area (Å²) >= 11 is 0. The van der Waals surface area contributed by atoms with Gasteiger partial charge in [-0.2, -0.15) is 0 Å². The van der Waals surface area contributed by atoms with Crippen LogP contribution in [-0.4, -0.2) is 34.7 Å². The van der Waals surface area contributed by atoms with E-state index >= 15 is 0 Å². The molecule has 0 radical (unpaired) electrons. The number of anilines is 1. The van der Waals surface area contributed by atoms with Crippen molar-refractivity contribution in [3.63, 3.8) is 0 Å². The average Bonchev–Trinajstić information content (AvgIpc) is 3.35. The SMILES string of the molecule is CCOc1ccc([C@H]2/C(=C(\O)c3ccc(OC(C)C)cc3)C(=O)C(=O)N2c2cc(C)on2)cc1. The van der Waals surface area contributed by atoms with E-state index in [2.05, 4.69) is 5.16 Å². The summed E-state index contributed by atoms with van der Waals surface area (Å²) in [5.74, 6) is 0.0831. The molecular weight excluding hydrogens is 436 g/mol. The minimum atomic E-state index is -0.897. The molecule has 0 spiro atoms. The van der Waals surface area contributed by atoms with Crippen LogP contribution in [0.3, 0.4) is 0 Å². The summed E-state index contributed by atoms with van der Waals surface area (Å²) in [5, 5.41) is 15.1. The minimum Gasteiger partial charge on any atom is -0.507 e. The van der Waals surface area contributed by atoms with Crippen LogP contribution >= 0.6 is 0 Å². The Kier molecular flexibility index (Phi) is 6.40. The number of rotatable bonds is 7. The van der Waals surface area contributed by atoms with Crippen molar-refractivity contribution in [3.8, 4) is 11.5 Å². The van der Waals surface area contributed by atoms with Crippen molar-refractivity contribution in [2.45, 2.75) is 39.8 Å². The Bertz CT molecular complexity index is 1220. The van der Waals surface area contributed by atoms with Crippen LogP contribution in [0.4, 0.5) is 5.82 Å². The van der Waals surface area contributed by atoms with Crippen LogP contribution in [0.2, 0.25) is 0 Å². The van der Waals surface area contributed by atoms with Crippen molar-refractivity contribution in [2.24, 2.45) is 0 Å². The molecule has 1 N–H and O–H groups in total. The van der Waals surface area contributed by atoms with Crippen LogP contribution in [0.15, 0.2) is 64.7 Å². The molecule has 1 aromatic heterocycles. The number of ketones is 1. The molecule has 4 rings (SSSR count). The van der Waals surface area contributed by atoms with E-state index < -0.39 is 17.7 Å². The van der Waals surface area contributed by atoms with E-state index in [1.807, 2.05) is 20.8 Å². The lowest BCUT2D eigenvalue weighted by atomic mass is 9.95. The molecule has 1 amide bonds. The highest BCUT2D eigenvalue weighted by Gasteiger charge is 2.48. The Morgan fingerprint density at radius 1 is 1.09 bits per heavy atom. The third kappa shape index (κ3) is 4.39. The minimum absolute atomic E-state index is 0.00431. The number of aryl methyl sites for hydroxylation is 1. The lowest BCUT2D eigenvalue weighted by molar-refractivity contribution is -0.132. The molecule has 0 bridgehead atoms. The lowest BCUT2D eigenvalue weighted by Crippen LogP contribution is -2.29. The molecule has 1 saturated heterocycles. The highest BCUT2D eigenvalue weighted by atomic mass is 16.5. The molecule has 8 nitrogen and oxygen atoms in total. The van der Waals surface area contributed by atoms with E-state index in [0.717, 1.165) is 0 Å². The molecule has 1 aliphatic rings. The zero-order valence-corrected chi connectivity index (χ0v) is 19.4. The number of aliphatic hydroxyl groups excluding tert-OH is 1. The van der Waals surface area contributed by atoms with Crippen LogP contribution in [-0.2, 0) is 9.59 Å². The van der Waals surface area contributed by atoms with Gasteiger partial charge in [-0.15, -0.1) is 0 Å². The predicted octanol–water partition coefficient (Wildman–Crippen LogP) is 4.80. The van der Waals surface area contributed by atoms with Gasteiger partial charge in [-0.25, -0.2) is 0 Å². The third-order valence-electron chi connectivity index (χ3n) is 5.31. The highest BCUT2D eigenvalue weighted by molar-refractivity contribution is 6.51. The molecule has 0 aliphatic carbocycles. The first kappa shape index (κ1) is 23.1. The van der Waals surface area contributed by atoms with Crippen molar-refractivity contribution in [3.05, 3.63) is 77.1 Å². The van der Waals surface area contributed by atoms with Gasteiger partial charge in [0, 0.05) is 11.6 Å². The topological polar surface area (TPSA) is 102 Å². The normalized spacial score (nSPS) is 17.4. The van der Waals surface area contributed by atoms with Gasteiger partial charge >= 0.3 is 5.91 Å². The average molecular weight is 463 g/mol. The maximum atomic E-state index is 13.2. The Morgan fingerprint density at radius 2 is 1.74 bits per heavy atom. The first-order valence-corrected chi connectivity index (χ1v) is 11.0. The second-order valence-corrected chi connectivity index (χ2v) is 8.16. The molecule has 8 heteroatoms. The summed E-state index contributed by atoms with van der Waals surface area (Å²) in [6, 6.07) is 14.4. The van der Waals surface area contributed by atoms with Gasteiger partial charge in [-0.3, -0.25) is 14.5 Å². The van der Waals surface area contributed by atoms with Gasteiger partial charge in [-0.1, -0.05) is 17.3 Å². The number of carbonyl (C=O) groups excluding carboxylic acids is 2. The standard InChI is InChI=1S/C26H26N2O6/c1-5-32-19-10-6-17(7-11-19)23-22(24(29)18-8-12-20(13-9-18)33-15(2)3)25(30)26(31)28(23)21-14-16(4)34-27-21/h6-15,23,29H,5H2,1-4H3/b24-22+/t23-/m0/s1. The van der Waals surface area contributed by atoms with Gasteiger partial charge in [-0.05, 0) is 69.7 Å². The largest absolute Gasteiger partial charge is 0.507 e. The van der Waals surface area contributed by atoms with Gasteiger partial charge in [0.05, 0.1) is 24.3 Å². The summed E-state index contributed by atoms with van der Waals surface area (Å²) in [5.41, 5.74) is 0.971. The molecular formula is C26H26N2O6. The number of hydrogen-bond donors (Lipinski definition) is 1. The molecule has 3 aromatic rings. The van der Waals surface area contributed by atoms with E-state index in [1.54, 1.807) is 61.5 Å². The van der Waals surface area contributed by atoms with Crippen LogP contribution in [0.1, 0.15) is 43.7 Å². The summed E-state index contributed by atoms with van der Waals surface area (Å²) < 4.78 is 16.3. The number of aliphatic hydroxyl groups is 1. The smallest absolute Gasteiger partial charge is 0.301 e. The Labute approximate surface area is 197 Å². The molecule has 176 valence electrons. The number of Topliss-reactive ketones (excluding diaryl/α,β-unsaturated/α-hetero) is 1. The Hall–Kier alpha value is -4.07. The van der Waals surface area contributed by atoms with E-state index in [4.69, 9.17) is 14.0 Å². The number of aromatic nitrogens is 1. The lowest BCUT2D eigenvalue weighted by Gasteiger charge is -2.23. The van der Waals surface area contributed by atoms with Crippen molar-refractivity contribution in [2.75, 3.05) is 11.5 Å². The molecule has 1 fully saturated rings. The van der Waals surface area contributed by atoms with E-state index in [9.17, 15) is 14.7 Å². The van der Waals surface area contributed by atoms with E-state index in [-0.39, 0.29) is 23.3 Å². The number of hydrogen-bond acceptors (Lipinski definition) is 7. The van der Waals surface area contributed by atoms with Gasteiger partial charge in [0.15, 0.2) is 5.82 Å². The van der Waals surface area contributed by atoms with Crippen LogP contribution in [0, 0.1) is 6.92 Å². The third-order valence-corrected chi connectivity index (χ3v) is 5.31. The van der Waals surface area contributed by atoms with Crippen LogP contribution in [0.5, 0.6) is 11.5 Å². The Morgan fingerprint density at radius 3 is 2.29 bits per heavy atom. The summed E-state index contributed by atoms with van der Waals surface area (Å²) in [6.07, 6.45) is -0.00431. The first-order valence-electron chi connectivity index (χ1n) is 11.0.